The van der Waals surface area contributed by atoms with E-state index in [1.807, 2.05) is 32.0 Å². The minimum Gasteiger partial charge on any atom is -0.475 e. The number of pyridine rings is 2. The molecular weight excluding hydrogens is 387 g/mol. The second-order valence-corrected chi connectivity index (χ2v) is 6.64. The molecule has 30 heavy (non-hydrogen) atoms. The average Bonchev–Trinajstić information content (AvgIpc) is 2.75. The van der Waals surface area contributed by atoms with Gasteiger partial charge in [-0.1, -0.05) is 18.2 Å². The first-order valence-corrected chi connectivity index (χ1v) is 9.46. The normalized spacial score (nSPS) is 10.7. The monoisotopic (exact) mass is 410 g/mol. The Morgan fingerprint density at radius 2 is 1.87 bits per heavy atom. The fourth-order valence-corrected chi connectivity index (χ4v) is 2.94. The van der Waals surface area contributed by atoms with Crippen LogP contribution in [0.2, 0.25) is 0 Å². The van der Waals surface area contributed by atoms with Crippen LogP contribution in [0.15, 0.2) is 48.7 Å². The van der Waals surface area contributed by atoms with Crippen molar-refractivity contribution in [2.45, 2.75) is 13.8 Å². The third-order valence-electron chi connectivity index (χ3n) is 4.55. The lowest BCUT2D eigenvalue weighted by Crippen LogP contribution is -2.15. The highest BCUT2D eigenvalue weighted by Crippen LogP contribution is 2.33. The molecule has 0 aliphatic rings. The van der Waals surface area contributed by atoms with Gasteiger partial charge in [-0.3, -0.25) is 4.98 Å². The Morgan fingerprint density at radius 3 is 2.57 bits per heavy atom. The largest absolute Gasteiger partial charge is 0.475 e. The number of aryl methyl sites for hydroxylation is 1. The zero-order valence-electron chi connectivity index (χ0n) is 17.1. The van der Waals surface area contributed by atoms with E-state index in [0.717, 1.165) is 27.9 Å². The number of hydrogen-bond acceptors (Lipinski definition) is 6. The van der Waals surface area contributed by atoms with Crippen LogP contribution in [0.4, 0.5) is 4.39 Å². The SMILES string of the molecule is COC(=O)COCCOc1nc(-c2ncccc2C)cc(-c2ccc(F)cc2)c1C. The molecule has 2 heterocycles. The topological polar surface area (TPSA) is 70.5 Å². The van der Waals surface area contributed by atoms with E-state index in [1.54, 1.807) is 18.3 Å². The lowest BCUT2D eigenvalue weighted by atomic mass is 9.99. The first-order valence-electron chi connectivity index (χ1n) is 9.46. The van der Waals surface area contributed by atoms with E-state index in [1.165, 1.54) is 19.2 Å². The standard InChI is InChI=1S/C23H23FN2O4/c1-15-5-4-10-25-22(15)20-13-19(17-6-8-18(24)9-7-17)16(2)23(26-20)30-12-11-29-14-21(27)28-3/h4-10,13H,11-12,14H2,1-3H3. The summed E-state index contributed by atoms with van der Waals surface area (Å²) >= 11 is 0. The van der Waals surface area contributed by atoms with Crippen molar-refractivity contribution in [3.63, 3.8) is 0 Å². The van der Waals surface area contributed by atoms with Gasteiger partial charge in [0.2, 0.25) is 5.88 Å². The van der Waals surface area contributed by atoms with Gasteiger partial charge in [0.15, 0.2) is 0 Å². The molecule has 0 aliphatic carbocycles. The number of methoxy groups -OCH3 is 1. The number of carbonyl (C=O) groups excluding carboxylic acids is 1. The van der Waals surface area contributed by atoms with Crippen LogP contribution in [0.1, 0.15) is 11.1 Å². The summed E-state index contributed by atoms with van der Waals surface area (Å²) in [5.74, 6) is -0.320. The highest BCUT2D eigenvalue weighted by atomic mass is 19.1. The van der Waals surface area contributed by atoms with Gasteiger partial charge in [0.1, 0.15) is 19.0 Å². The molecule has 0 bridgehead atoms. The molecule has 156 valence electrons. The maximum atomic E-state index is 13.4. The van der Waals surface area contributed by atoms with Crippen LogP contribution < -0.4 is 4.74 Å². The Bertz CT molecular complexity index is 1020. The van der Waals surface area contributed by atoms with E-state index in [0.29, 0.717) is 11.6 Å². The number of ether oxygens (including phenoxy) is 3. The molecule has 0 aliphatic heterocycles. The first-order chi connectivity index (χ1) is 14.5. The maximum Gasteiger partial charge on any atom is 0.331 e. The van der Waals surface area contributed by atoms with Crippen LogP contribution >= 0.6 is 0 Å². The van der Waals surface area contributed by atoms with Crippen LogP contribution in [0.25, 0.3) is 22.5 Å². The van der Waals surface area contributed by atoms with Crippen LogP contribution in [-0.4, -0.2) is 42.9 Å². The van der Waals surface area contributed by atoms with Crippen LogP contribution in [0.5, 0.6) is 5.88 Å². The molecule has 0 radical (unpaired) electrons. The number of nitrogens with zero attached hydrogens (tertiary/aromatic N) is 2. The number of benzene rings is 1. The molecule has 3 aromatic rings. The molecule has 3 rings (SSSR count). The summed E-state index contributed by atoms with van der Waals surface area (Å²) < 4.78 is 29.0. The summed E-state index contributed by atoms with van der Waals surface area (Å²) in [6, 6.07) is 12.0. The van der Waals surface area contributed by atoms with Crippen molar-refractivity contribution >= 4 is 5.97 Å². The molecule has 0 fully saturated rings. The Labute approximate surface area is 174 Å². The molecule has 6 nitrogen and oxygen atoms in total. The summed E-state index contributed by atoms with van der Waals surface area (Å²) in [5, 5.41) is 0. The van der Waals surface area contributed by atoms with Crippen molar-refractivity contribution in [1.82, 2.24) is 9.97 Å². The number of aromatic nitrogens is 2. The van der Waals surface area contributed by atoms with Crippen molar-refractivity contribution in [1.29, 1.82) is 0 Å². The summed E-state index contributed by atoms with van der Waals surface area (Å²) in [5.41, 5.74) is 4.91. The Morgan fingerprint density at radius 1 is 1.10 bits per heavy atom. The van der Waals surface area contributed by atoms with E-state index >= 15 is 0 Å². The molecule has 7 heteroatoms. The summed E-state index contributed by atoms with van der Waals surface area (Å²) in [4.78, 5) is 20.2. The Balaban J connectivity index is 1.91. The highest BCUT2D eigenvalue weighted by Gasteiger charge is 2.15. The predicted molar refractivity (Wildman–Crippen MR) is 111 cm³/mol. The van der Waals surface area contributed by atoms with Gasteiger partial charge in [-0.15, -0.1) is 0 Å². The van der Waals surface area contributed by atoms with Gasteiger partial charge in [-0.2, -0.15) is 0 Å². The van der Waals surface area contributed by atoms with Gasteiger partial charge in [0, 0.05) is 11.8 Å². The maximum absolute atomic E-state index is 13.4. The van der Waals surface area contributed by atoms with Crippen LogP contribution in [0, 0.1) is 19.7 Å². The molecule has 0 unspecified atom stereocenters. The third-order valence-corrected chi connectivity index (χ3v) is 4.55. The van der Waals surface area contributed by atoms with Gasteiger partial charge in [0.05, 0.1) is 25.1 Å². The quantitative estimate of drug-likeness (QED) is 0.411. The summed E-state index contributed by atoms with van der Waals surface area (Å²) in [6.45, 7) is 4.13. The molecule has 1 aromatic carbocycles. The molecule has 0 spiro atoms. The minimum atomic E-state index is -0.449. The summed E-state index contributed by atoms with van der Waals surface area (Å²) in [7, 11) is 1.30. The summed E-state index contributed by atoms with van der Waals surface area (Å²) in [6.07, 6.45) is 1.71. The van der Waals surface area contributed by atoms with Gasteiger partial charge in [-0.05, 0) is 54.8 Å². The third kappa shape index (κ3) is 5.18. The number of carbonyl (C=O) groups is 1. The van der Waals surface area contributed by atoms with E-state index in [9.17, 15) is 9.18 Å². The molecule has 0 saturated carbocycles. The second kappa shape index (κ2) is 9.93. The van der Waals surface area contributed by atoms with Gasteiger partial charge >= 0.3 is 5.97 Å². The van der Waals surface area contributed by atoms with Crippen molar-refractivity contribution in [2.24, 2.45) is 0 Å². The van der Waals surface area contributed by atoms with E-state index in [2.05, 4.69) is 14.7 Å². The highest BCUT2D eigenvalue weighted by molar-refractivity contribution is 5.74. The van der Waals surface area contributed by atoms with Gasteiger partial charge in [0.25, 0.3) is 0 Å². The molecule has 0 N–H and O–H groups in total. The number of esters is 1. The smallest absolute Gasteiger partial charge is 0.331 e. The number of hydrogen-bond donors (Lipinski definition) is 0. The van der Waals surface area contributed by atoms with Crippen molar-refractivity contribution < 1.29 is 23.4 Å². The number of rotatable bonds is 8. The average molecular weight is 410 g/mol. The van der Waals surface area contributed by atoms with Crippen LogP contribution in [-0.2, 0) is 14.3 Å². The molecule has 0 atom stereocenters. The van der Waals surface area contributed by atoms with Crippen LogP contribution in [0.3, 0.4) is 0 Å². The lowest BCUT2D eigenvalue weighted by Gasteiger charge is -2.15. The van der Waals surface area contributed by atoms with Gasteiger partial charge < -0.3 is 14.2 Å². The zero-order valence-corrected chi connectivity index (χ0v) is 17.1. The molecule has 0 saturated heterocycles. The fraction of sp³-hybridized carbons (Fsp3) is 0.261. The lowest BCUT2D eigenvalue weighted by molar-refractivity contribution is -0.146. The molecule has 0 amide bonds. The minimum absolute atomic E-state index is 0.139. The Kier molecular flexibility index (Phi) is 7.08. The molecule has 2 aromatic heterocycles. The van der Waals surface area contributed by atoms with E-state index < -0.39 is 5.97 Å². The fourth-order valence-electron chi connectivity index (χ4n) is 2.94. The van der Waals surface area contributed by atoms with E-state index in [4.69, 9.17) is 9.47 Å². The zero-order chi connectivity index (χ0) is 21.5. The van der Waals surface area contributed by atoms with Gasteiger partial charge in [-0.25, -0.2) is 14.2 Å². The van der Waals surface area contributed by atoms with E-state index in [-0.39, 0.29) is 25.6 Å². The second-order valence-electron chi connectivity index (χ2n) is 6.64. The Hall–Kier alpha value is -3.32. The van der Waals surface area contributed by atoms with Crippen molar-refractivity contribution in [3.8, 4) is 28.4 Å². The number of halogens is 1. The predicted octanol–water partition coefficient (Wildman–Crippen LogP) is 4.13. The molecular formula is C23H23FN2O4. The van der Waals surface area contributed by atoms with Crippen molar-refractivity contribution in [2.75, 3.05) is 26.9 Å². The van der Waals surface area contributed by atoms with Crippen molar-refractivity contribution in [3.05, 3.63) is 65.6 Å². The first kappa shape index (κ1) is 21.4.